The van der Waals surface area contributed by atoms with Crippen LogP contribution in [0, 0.1) is 13.8 Å². The molecule has 2 heterocycles. The Morgan fingerprint density at radius 2 is 2.05 bits per heavy atom. The van der Waals surface area contributed by atoms with Crippen molar-refractivity contribution in [3.05, 3.63) is 65.3 Å². The first kappa shape index (κ1) is 14.5. The predicted molar refractivity (Wildman–Crippen MR) is 84.8 cm³/mol. The normalized spacial score (nSPS) is 12.5. The van der Waals surface area contributed by atoms with Gasteiger partial charge in [-0.1, -0.05) is 23.4 Å². The fourth-order valence-corrected chi connectivity index (χ4v) is 2.59. The average molecular weight is 296 g/mol. The number of hydrogen-bond donors (Lipinski definition) is 1. The zero-order valence-corrected chi connectivity index (χ0v) is 13.1. The van der Waals surface area contributed by atoms with Gasteiger partial charge in [0.25, 0.3) is 0 Å². The van der Waals surface area contributed by atoms with Crippen molar-refractivity contribution in [3.63, 3.8) is 0 Å². The number of nitrogens with zero attached hydrogens (tertiary/aromatic N) is 3. The first-order chi connectivity index (χ1) is 10.7. The molecule has 114 valence electrons. The summed E-state index contributed by atoms with van der Waals surface area (Å²) in [6, 6.07) is 10.4. The minimum Gasteiger partial charge on any atom is -0.361 e. The Balaban J connectivity index is 1.80. The van der Waals surface area contributed by atoms with Gasteiger partial charge in [0.1, 0.15) is 5.76 Å². The Labute approximate surface area is 129 Å². The highest BCUT2D eigenvalue weighted by Gasteiger charge is 2.14. The van der Waals surface area contributed by atoms with Crippen LogP contribution in [0.15, 0.2) is 47.2 Å². The third-order valence-corrected chi connectivity index (χ3v) is 3.92. The summed E-state index contributed by atoms with van der Waals surface area (Å²) in [4.78, 5) is 0. The van der Waals surface area contributed by atoms with Gasteiger partial charge in [-0.25, -0.2) is 4.68 Å². The Kier molecular flexibility index (Phi) is 4.06. The largest absolute Gasteiger partial charge is 0.361 e. The van der Waals surface area contributed by atoms with E-state index in [0.29, 0.717) is 0 Å². The minimum atomic E-state index is 0.189. The summed E-state index contributed by atoms with van der Waals surface area (Å²) in [7, 11) is 0. The molecule has 0 aliphatic heterocycles. The molecule has 0 radical (unpaired) electrons. The number of nitrogens with one attached hydrogen (secondary N) is 1. The van der Waals surface area contributed by atoms with E-state index >= 15 is 0 Å². The van der Waals surface area contributed by atoms with Crippen LogP contribution in [0.25, 0.3) is 5.69 Å². The lowest BCUT2D eigenvalue weighted by atomic mass is 10.1. The molecule has 2 aromatic heterocycles. The van der Waals surface area contributed by atoms with Crippen molar-refractivity contribution in [2.75, 3.05) is 0 Å². The molecule has 0 fully saturated rings. The fourth-order valence-electron chi connectivity index (χ4n) is 2.59. The standard InChI is InChI=1S/C17H20N4O/c1-12(18-11-16-13(2)20-22-14(16)3)15-7-4-5-8-17(15)21-10-6-9-19-21/h4-10,12,18H,11H2,1-3H3. The van der Waals surface area contributed by atoms with Gasteiger partial charge in [0, 0.05) is 30.5 Å². The zero-order valence-electron chi connectivity index (χ0n) is 13.1. The van der Waals surface area contributed by atoms with E-state index in [1.54, 1.807) is 6.20 Å². The molecule has 0 aliphatic rings. The molecule has 1 atom stereocenters. The van der Waals surface area contributed by atoms with Crippen LogP contribution in [0.2, 0.25) is 0 Å². The maximum atomic E-state index is 5.21. The molecule has 0 saturated carbocycles. The molecule has 1 N–H and O–H groups in total. The molecule has 3 aromatic rings. The topological polar surface area (TPSA) is 55.9 Å². The van der Waals surface area contributed by atoms with Crippen molar-refractivity contribution in [2.24, 2.45) is 0 Å². The molecule has 1 aromatic carbocycles. The summed E-state index contributed by atoms with van der Waals surface area (Å²) in [5, 5.41) is 11.9. The molecular weight excluding hydrogens is 276 g/mol. The molecule has 5 heteroatoms. The first-order valence-electron chi connectivity index (χ1n) is 7.41. The van der Waals surface area contributed by atoms with Crippen molar-refractivity contribution in [2.45, 2.75) is 33.4 Å². The second-order valence-electron chi connectivity index (χ2n) is 5.41. The van der Waals surface area contributed by atoms with Crippen LogP contribution >= 0.6 is 0 Å². The Morgan fingerprint density at radius 1 is 1.23 bits per heavy atom. The average Bonchev–Trinajstić information content (AvgIpc) is 3.16. The maximum absolute atomic E-state index is 5.21. The molecule has 22 heavy (non-hydrogen) atoms. The van der Waals surface area contributed by atoms with Crippen LogP contribution in [-0.4, -0.2) is 14.9 Å². The molecule has 0 saturated heterocycles. The van der Waals surface area contributed by atoms with Crippen LogP contribution in [0.3, 0.4) is 0 Å². The summed E-state index contributed by atoms with van der Waals surface area (Å²) in [6.07, 6.45) is 3.75. The van der Waals surface area contributed by atoms with E-state index < -0.39 is 0 Å². The molecule has 3 rings (SSSR count). The van der Waals surface area contributed by atoms with Gasteiger partial charge in [0.05, 0.1) is 11.4 Å². The Morgan fingerprint density at radius 3 is 2.73 bits per heavy atom. The SMILES string of the molecule is Cc1noc(C)c1CNC(C)c1ccccc1-n1cccn1. The Bertz CT molecular complexity index is 726. The number of hydrogen-bond acceptors (Lipinski definition) is 4. The third kappa shape index (κ3) is 2.80. The second-order valence-corrected chi connectivity index (χ2v) is 5.41. The molecule has 0 amide bonds. The van der Waals surface area contributed by atoms with Crippen LogP contribution in [-0.2, 0) is 6.54 Å². The Hall–Kier alpha value is -2.40. The van der Waals surface area contributed by atoms with E-state index in [9.17, 15) is 0 Å². The van der Waals surface area contributed by atoms with Crippen LogP contribution in [0.4, 0.5) is 0 Å². The lowest BCUT2D eigenvalue weighted by molar-refractivity contribution is 0.391. The minimum absolute atomic E-state index is 0.189. The van der Waals surface area contributed by atoms with Crippen molar-refractivity contribution < 1.29 is 4.52 Å². The van der Waals surface area contributed by atoms with Gasteiger partial charge in [-0.15, -0.1) is 0 Å². The van der Waals surface area contributed by atoms with Crippen LogP contribution < -0.4 is 5.32 Å². The van der Waals surface area contributed by atoms with Gasteiger partial charge in [0.2, 0.25) is 0 Å². The van der Waals surface area contributed by atoms with E-state index in [1.165, 1.54) is 5.56 Å². The highest BCUT2D eigenvalue weighted by molar-refractivity contribution is 5.42. The monoisotopic (exact) mass is 296 g/mol. The van der Waals surface area contributed by atoms with E-state index in [4.69, 9.17) is 4.52 Å². The number of para-hydroxylation sites is 1. The molecule has 0 spiro atoms. The van der Waals surface area contributed by atoms with E-state index in [-0.39, 0.29) is 6.04 Å². The summed E-state index contributed by atoms with van der Waals surface area (Å²) in [6.45, 7) is 6.80. The lowest BCUT2D eigenvalue weighted by Crippen LogP contribution is -2.20. The summed E-state index contributed by atoms with van der Waals surface area (Å²) in [5.74, 6) is 0.873. The summed E-state index contributed by atoms with van der Waals surface area (Å²) >= 11 is 0. The zero-order chi connectivity index (χ0) is 15.5. The van der Waals surface area contributed by atoms with Gasteiger partial charge in [-0.05, 0) is 38.5 Å². The number of aromatic nitrogens is 3. The van der Waals surface area contributed by atoms with Crippen molar-refractivity contribution in [1.29, 1.82) is 0 Å². The fraction of sp³-hybridized carbons (Fsp3) is 0.294. The van der Waals surface area contributed by atoms with Crippen molar-refractivity contribution >= 4 is 0 Å². The van der Waals surface area contributed by atoms with Crippen LogP contribution in [0.1, 0.15) is 35.5 Å². The number of rotatable bonds is 5. The van der Waals surface area contributed by atoms with E-state index in [1.807, 2.05) is 36.9 Å². The van der Waals surface area contributed by atoms with Gasteiger partial charge in [0.15, 0.2) is 0 Å². The van der Waals surface area contributed by atoms with Crippen molar-refractivity contribution in [3.8, 4) is 5.69 Å². The third-order valence-electron chi connectivity index (χ3n) is 3.92. The molecular formula is C17H20N4O. The van der Waals surface area contributed by atoms with Gasteiger partial charge in [-0.3, -0.25) is 0 Å². The van der Waals surface area contributed by atoms with Crippen molar-refractivity contribution in [1.82, 2.24) is 20.3 Å². The highest BCUT2D eigenvalue weighted by atomic mass is 16.5. The van der Waals surface area contributed by atoms with E-state index in [2.05, 4.69) is 40.7 Å². The first-order valence-corrected chi connectivity index (χ1v) is 7.41. The summed E-state index contributed by atoms with van der Waals surface area (Å²) < 4.78 is 7.10. The second kappa shape index (κ2) is 6.15. The van der Waals surface area contributed by atoms with Gasteiger partial charge in [-0.2, -0.15) is 5.10 Å². The quantitative estimate of drug-likeness (QED) is 0.784. The van der Waals surface area contributed by atoms with Gasteiger partial charge >= 0.3 is 0 Å². The van der Waals surface area contributed by atoms with E-state index in [0.717, 1.165) is 29.2 Å². The lowest BCUT2D eigenvalue weighted by Gasteiger charge is -2.18. The molecule has 5 nitrogen and oxygen atoms in total. The number of benzene rings is 1. The predicted octanol–water partition coefficient (Wildman–Crippen LogP) is 3.33. The maximum Gasteiger partial charge on any atom is 0.138 e. The summed E-state index contributed by atoms with van der Waals surface area (Å²) in [5.41, 5.74) is 4.37. The molecule has 0 aliphatic carbocycles. The number of aryl methyl sites for hydroxylation is 2. The highest BCUT2D eigenvalue weighted by Crippen LogP contribution is 2.22. The molecule has 0 bridgehead atoms. The molecule has 1 unspecified atom stereocenters. The van der Waals surface area contributed by atoms with Gasteiger partial charge < -0.3 is 9.84 Å². The smallest absolute Gasteiger partial charge is 0.138 e. The van der Waals surface area contributed by atoms with Crippen LogP contribution in [0.5, 0.6) is 0 Å².